The quantitative estimate of drug-likeness (QED) is 0.150. The molecule has 10 heteroatoms. The van der Waals surface area contributed by atoms with Crippen molar-refractivity contribution < 1.29 is 19.1 Å². The molecule has 4 rings (SSSR count). The smallest absolute Gasteiger partial charge is 0.304 e. The van der Waals surface area contributed by atoms with Gasteiger partial charge in [-0.3, -0.25) is 9.59 Å². The summed E-state index contributed by atoms with van der Waals surface area (Å²) in [6.07, 6.45) is 4.75. The molecule has 0 unspecified atom stereocenters. The number of esters is 1. The average molecular weight is 616 g/mol. The molecular weight excluding hydrogens is 575 g/mol. The number of benzene rings is 2. The maximum Gasteiger partial charge on any atom is 0.304 e. The fraction of sp³-hybridized carbons (Fsp3) is 0.406. The first-order chi connectivity index (χ1) is 19.7. The predicted molar refractivity (Wildman–Crippen MR) is 169 cm³/mol. The van der Waals surface area contributed by atoms with E-state index in [1.54, 1.807) is 12.1 Å². The monoisotopic (exact) mass is 614 g/mol. The third kappa shape index (κ3) is 8.44. The number of pyridine rings is 1. The van der Waals surface area contributed by atoms with Gasteiger partial charge in [-0.2, -0.15) is 0 Å². The van der Waals surface area contributed by atoms with Gasteiger partial charge in [0, 0.05) is 44.0 Å². The van der Waals surface area contributed by atoms with Crippen LogP contribution in [0.3, 0.4) is 0 Å². The van der Waals surface area contributed by atoms with Crippen LogP contribution in [-0.4, -0.2) is 54.7 Å². The van der Waals surface area contributed by atoms with Gasteiger partial charge in [-0.25, -0.2) is 4.98 Å². The summed E-state index contributed by atoms with van der Waals surface area (Å²) in [4.78, 5) is 32.4. The number of amides is 1. The summed E-state index contributed by atoms with van der Waals surface area (Å²) in [6, 6.07) is 17.0. The van der Waals surface area contributed by atoms with Gasteiger partial charge in [0.1, 0.15) is 11.4 Å². The van der Waals surface area contributed by atoms with Crippen molar-refractivity contribution in [2.24, 2.45) is 5.73 Å². The second-order valence-electron chi connectivity index (χ2n) is 10.7. The van der Waals surface area contributed by atoms with E-state index >= 15 is 0 Å². The molecule has 3 N–H and O–H groups in total. The van der Waals surface area contributed by atoms with E-state index in [9.17, 15) is 9.59 Å². The lowest BCUT2D eigenvalue weighted by atomic mass is 9.91. The highest BCUT2D eigenvalue weighted by Gasteiger charge is 2.37. The summed E-state index contributed by atoms with van der Waals surface area (Å²) in [5.74, 6) is -0.273. The van der Waals surface area contributed by atoms with Crippen molar-refractivity contribution in [2.75, 3.05) is 27.2 Å². The molecule has 1 amide bonds. The molecule has 1 saturated carbocycles. The molecule has 226 valence electrons. The van der Waals surface area contributed by atoms with Crippen LogP contribution in [0.5, 0.6) is 5.75 Å². The van der Waals surface area contributed by atoms with Crippen LogP contribution in [0, 0.1) is 0 Å². The number of nitrogens with two attached hydrogens (primary N) is 1. The molecule has 0 radical (unpaired) electrons. The zero-order valence-corrected chi connectivity index (χ0v) is 26.0. The zero-order chi connectivity index (χ0) is 29.4. The molecule has 0 saturated heterocycles. The van der Waals surface area contributed by atoms with Crippen molar-refractivity contribution in [1.29, 1.82) is 0 Å². The van der Waals surface area contributed by atoms with Crippen LogP contribution in [0.1, 0.15) is 61.5 Å². The topological polar surface area (TPSA) is 107 Å². The van der Waals surface area contributed by atoms with Crippen molar-refractivity contribution in [2.45, 2.75) is 57.7 Å². The Morgan fingerprint density at radius 1 is 1.05 bits per heavy atom. The number of rotatable bonds is 11. The molecule has 8 nitrogen and oxygen atoms in total. The fourth-order valence-corrected chi connectivity index (χ4v) is 5.40. The van der Waals surface area contributed by atoms with Gasteiger partial charge in [0.25, 0.3) is 5.91 Å². The second kappa shape index (κ2) is 15.3. The van der Waals surface area contributed by atoms with Gasteiger partial charge >= 0.3 is 5.97 Å². The normalized spacial score (nSPS) is 14.1. The van der Waals surface area contributed by atoms with Gasteiger partial charge in [0.05, 0.1) is 17.3 Å². The van der Waals surface area contributed by atoms with Gasteiger partial charge in [-0.15, -0.1) is 12.4 Å². The van der Waals surface area contributed by atoms with Crippen LogP contribution in [0.4, 0.5) is 0 Å². The van der Waals surface area contributed by atoms with E-state index in [2.05, 4.69) is 10.2 Å². The van der Waals surface area contributed by atoms with Crippen LogP contribution in [0.25, 0.3) is 22.4 Å². The SMILES string of the molecule is CC(=O)OC1(NC(=O)c2ccc(-c3ccccc3CN)c(-c3ccc(Cl)c(OCCCN(C)C)c3)n2)CCCCC1.Cl. The van der Waals surface area contributed by atoms with Gasteiger partial charge in [0.2, 0.25) is 0 Å². The van der Waals surface area contributed by atoms with E-state index < -0.39 is 17.6 Å². The van der Waals surface area contributed by atoms with Crippen LogP contribution in [0.15, 0.2) is 54.6 Å². The Morgan fingerprint density at radius 3 is 2.48 bits per heavy atom. The molecule has 3 aromatic rings. The summed E-state index contributed by atoms with van der Waals surface area (Å²) in [6.45, 7) is 3.12. The lowest BCUT2D eigenvalue weighted by Gasteiger charge is -2.36. The Bertz CT molecular complexity index is 1380. The van der Waals surface area contributed by atoms with Crippen LogP contribution in [0.2, 0.25) is 5.02 Å². The van der Waals surface area contributed by atoms with Gasteiger partial charge in [-0.1, -0.05) is 48.4 Å². The van der Waals surface area contributed by atoms with Crippen molar-refractivity contribution >= 4 is 35.9 Å². The number of carbonyl (C=O) groups is 2. The van der Waals surface area contributed by atoms with E-state index in [0.717, 1.165) is 54.5 Å². The third-order valence-corrected chi connectivity index (χ3v) is 7.52. The molecular formula is C32H40Cl2N4O4. The lowest BCUT2D eigenvalue weighted by molar-refractivity contribution is -0.163. The number of aromatic nitrogens is 1. The number of halogens is 2. The number of hydrogen-bond acceptors (Lipinski definition) is 7. The molecule has 2 aromatic carbocycles. The highest BCUT2D eigenvalue weighted by molar-refractivity contribution is 6.32. The molecule has 1 fully saturated rings. The summed E-state index contributed by atoms with van der Waals surface area (Å²) < 4.78 is 11.7. The summed E-state index contributed by atoms with van der Waals surface area (Å²) >= 11 is 6.50. The second-order valence-corrected chi connectivity index (χ2v) is 11.1. The number of carbonyl (C=O) groups excluding carboxylic acids is 2. The number of nitrogens with zero attached hydrogens (tertiary/aromatic N) is 2. The zero-order valence-electron chi connectivity index (χ0n) is 24.5. The molecule has 1 aliphatic rings. The van der Waals surface area contributed by atoms with Gasteiger partial charge < -0.3 is 25.4 Å². The largest absolute Gasteiger partial charge is 0.492 e. The Labute approximate surface area is 259 Å². The van der Waals surface area contributed by atoms with E-state index in [-0.39, 0.29) is 18.1 Å². The van der Waals surface area contributed by atoms with Crippen LogP contribution in [-0.2, 0) is 16.1 Å². The van der Waals surface area contributed by atoms with E-state index in [0.29, 0.717) is 42.5 Å². The minimum atomic E-state index is -1.03. The molecule has 0 spiro atoms. The number of ether oxygens (including phenoxy) is 2. The first-order valence-corrected chi connectivity index (χ1v) is 14.5. The predicted octanol–water partition coefficient (Wildman–Crippen LogP) is 6.23. The fourth-order valence-electron chi connectivity index (χ4n) is 5.23. The van der Waals surface area contributed by atoms with Gasteiger partial charge in [0.15, 0.2) is 5.72 Å². The number of nitrogens with one attached hydrogen (secondary N) is 1. The first-order valence-electron chi connectivity index (χ1n) is 14.1. The van der Waals surface area contributed by atoms with Crippen molar-refractivity contribution in [3.8, 4) is 28.1 Å². The van der Waals surface area contributed by atoms with E-state index in [1.807, 2.05) is 56.6 Å². The Hall–Kier alpha value is -3.17. The minimum absolute atomic E-state index is 0. The molecule has 0 bridgehead atoms. The summed E-state index contributed by atoms with van der Waals surface area (Å²) in [5, 5.41) is 3.49. The van der Waals surface area contributed by atoms with E-state index in [4.69, 9.17) is 31.8 Å². The maximum absolute atomic E-state index is 13.6. The Morgan fingerprint density at radius 2 is 1.79 bits per heavy atom. The van der Waals surface area contributed by atoms with Crippen LogP contribution < -0.4 is 15.8 Å². The van der Waals surface area contributed by atoms with Crippen molar-refractivity contribution in [3.63, 3.8) is 0 Å². The number of hydrogen-bond donors (Lipinski definition) is 2. The lowest BCUT2D eigenvalue weighted by Crippen LogP contribution is -2.52. The van der Waals surface area contributed by atoms with Crippen molar-refractivity contribution in [3.05, 3.63) is 70.9 Å². The molecule has 1 heterocycles. The first kappa shape index (κ1) is 33.3. The average Bonchev–Trinajstić information content (AvgIpc) is 2.95. The highest BCUT2D eigenvalue weighted by Crippen LogP contribution is 2.37. The standard InChI is InChI=1S/C32H39ClN4O4.ClH/c1-22(38)41-32(16-7-4-8-17-32)36-31(39)28-15-13-26(25-11-6-5-10-24(25)21-34)30(35-28)23-12-14-27(33)29(20-23)40-19-9-18-37(2)3;/h5-6,10-15,20H,4,7-9,16-19,21,34H2,1-3H3,(H,36,39);1H. The Balaban J connectivity index is 0.00000484. The van der Waals surface area contributed by atoms with Crippen LogP contribution >= 0.6 is 24.0 Å². The molecule has 0 atom stereocenters. The van der Waals surface area contributed by atoms with E-state index in [1.165, 1.54) is 6.92 Å². The summed E-state index contributed by atoms with van der Waals surface area (Å²) in [5.41, 5.74) is 9.33. The molecule has 0 aliphatic heterocycles. The maximum atomic E-state index is 13.6. The van der Waals surface area contributed by atoms with Gasteiger partial charge in [-0.05, 0) is 68.8 Å². The van der Waals surface area contributed by atoms with Crippen molar-refractivity contribution in [1.82, 2.24) is 15.2 Å². The molecule has 42 heavy (non-hydrogen) atoms. The molecule has 1 aliphatic carbocycles. The summed E-state index contributed by atoms with van der Waals surface area (Å²) in [7, 11) is 4.04. The molecule has 1 aromatic heterocycles. The Kier molecular flexibility index (Phi) is 12.2. The minimum Gasteiger partial charge on any atom is -0.492 e. The highest BCUT2D eigenvalue weighted by atomic mass is 35.5. The third-order valence-electron chi connectivity index (χ3n) is 7.21.